The largest absolute Gasteiger partial charge is 0.478 e. The molecule has 0 fully saturated rings. The number of aromatic nitrogens is 1. The van der Waals surface area contributed by atoms with Gasteiger partial charge >= 0.3 is 12.1 Å². The average molecular weight is 282 g/mol. The highest BCUT2D eigenvalue weighted by Crippen LogP contribution is 2.33. The number of hydrogen-bond acceptors (Lipinski definition) is 3. The lowest BCUT2D eigenvalue weighted by atomic mass is 10.0. The van der Waals surface area contributed by atoms with E-state index in [-0.39, 0.29) is 22.5 Å². The van der Waals surface area contributed by atoms with Crippen LogP contribution in [0.25, 0.3) is 11.3 Å². The van der Waals surface area contributed by atoms with Crippen molar-refractivity contribution in [2.24, 2.45) is 0 Å². The summed E-state index contributed by atoms with van der Waals surface area (Å²) in [5, 5.41) is 8.93. The van der Waals surface area contributed by atoms with Crippen LogP contribution in [0.4, 0.5) is 18.9 Å². The molecule has 2 aromatic rings. The molecule has 20 heavy (non-hydrogen) atoms. The van der Waals surface area contributed by atoms with Crippen LogP contribution in [0.3, 0.4) is 0 Å². The van der Waals surface area contributed by atoms with Crippen molar-refractivity contribution in [3.05, 3.63) is 47.7 Å². The van der Waals surface area contributed by atoms with Crippen LogP contribution >= 0.6 is 0 Å². The summed E-state index contributed by atoms with van der Waals surface area (Å²) < 4.78 is 37.9. The molecule has 0 saturated carbocycles. The van der Waals surface area contributed by atoms with Gasteiger partial charge in [-0.15, -0.1) is 0 Å². The lowest BCUT2D eigenvalue weighted by Crippen LogP contribution is -2.07. The Morgan fingerprint density at radius 1 is 1.25 bits per heavy atom. The van der Waals surface area contributed by atoms with Gasteiger partial charge in [-0.25, -0.2) is 4.79 Å². The second-order valence-corrected chi connectivity index (χ2v) is 4.00. The zero-order chi connectivity index (χ0) is 14.9. The molecule has 1 aromatic carbocycles. The first-order chi connectivity index (χ1) is 9.30. The third-order valence-corrected chi connectivity index (χ3v) is 2.68. The monoisotopic (exact) mass is 282 g/mol. The summed E-state index contributed by atoms with van der Waals surface area (Å²) in [6.45, 7) is 0. The number of halogens is 3. The molecule has 0 saturated heterocycles. The van der Waals surface area contributed by atoms with Crippen molar-refractivity contribution in [3.8, 4) is 11.3 Å². The Bertz CT molecular complexity index is 669. The number of benzene rings is 1. The van der Waals surface area contributed by atoms with E-state index < -0.39 is 17.7 Å². The van der Waals surface area contributed by atoms with Gasteiger partial charge in [0.1, 0.15) is 0 Å². The van der Waals surface area contributed by atoms with Crippen molar-refractivity contribution in [2.75, 3.05) is 5.73 Å². The van der Waals surface area contributed by atoms with Gasteiger partial charge in [-0.2, -0.15) is 13.2 Å². The lowest BCUT2D eigenvalue weighted by molar-refractivity contribution is -0.137. The summed E-state index contributed by atoms with van der Waals surface area (Å²) in [5.74, 6) is -1.27. The number of anilines is 1. The molecule has 0 aliphatic carbocycles. The van der Waals surface area contributed by atoms with E-state index in [1.165, 1.54) is 24.4 Å². The number of nitrogen functional groups attached to an aromatic ring is 1. The van der Waals surface area contributed by atoms with Crippen LogP contribution in [0, 0.1) is 0 Å². The third-order valence-electron chi connectivity index (χ3n) is 2.68. The van der Waals surface area contributed by atoms with Crippen LogP contribution in [0.5, 0.6) is 0 Å². The van der Waals surface area contributed by atoms with E-state index >= 15 is 0 Å². The third kappa shape index (κ3) is 2.56. The fourth-order valence-corrected chi connectivity index (χ4v) is 1.73. The number of carboxylic acid groups (broad SMARTS) is 1. The fraction of sp³-hybridized carbons (Fsp3) is 0.0769. The number of nitrogens with two attached hydrogens (primary N) is 1. The number of carboxylic acids is 1. The maximum absolute atomic E-state index is 12.6. The molecule has 0 unspecified atom stereocenters. The van der Waals surface area contributed by atoms with Gasteiger partial charge in [-0.3, -0.25) is 4.98 Å². The molecule has 0 bridgehead atoms. The number of alkyl halides is 3. The van der Waals surface area contributed by atoms with Gasteiger partial charge in [0.05, 0.1) is 22.5 Å². The second-order valence-electron chi connectivity index (χ2n) is 4.00. The molecule has 2 rings (SSSR count). The minimum atomic E-state index is -4.49. The highest BCUT2D eigenvalue weighted by Gasteiger charge is 2.30. The molecular formula is C13H9F3N2O2. The molecule has 4 nitrogen and oxygen atoms in total. The van der Waals surface area contributed by atoms with Crippen LogP contribution in [0.2, 0.25) is 0 Å². The van der Waals surface area contributed by atoms with E-state index in [1.807, 2.05) is 0 Å². The zero-order valence-corrected chi connectivity index (χ0v) is 9.98. The highest BCUT2D eigenvalue weighted by molar-refractivity contribution is 5.97. The van der Waals surface area contributed by atoms with E-state index in [2.05, 4.69) is 4.98 Å². The van der Waals surface area contributed by atoms with Crippen LogP contribution in [-0.2, 0) is 6.18 Å². The van der Waals surface area contributed by atoms with Crippen LogP contribution in [0.15, 0.2) is 36.5 Å². The molecule has 0 aliphatic rings. The minimum Gasteiger partial charge on any atom is -0.478 e. The van der Waals surface area contributed by atoms with Gasteiger partial charge < -0.3 is 10.8 Å². The number of pyridine rings is 1. The fourth-order valence-electron chi connectivity index (χ4n) is 1.73. The number of nitrogens with zero attached hydrogens (tertiary/aromatic N) is 1. The molecule has 104 valence electrons. The van der Waals surface area contributed by atoms with Crippen molar-refractivity contribution in [1.82, 2.24) is 4.98 Å². The Morgan fingerprint density at radius 3 is 2.55 bits per heavy atom. The summed E-state index contributed by atoms with van der Waals surface area (Å²) in [7, 11) is 0. The number of rotatable bonds is 2. The lowest BCUT2D eigenvalue weighted by Gasteiger charge is -2.10. The Labute approximate surface area is 111 Å². The summed E-state index contributed by atoms with van der Waals surface area (Å²) in [4.78, 5) is 14.8. The summed E-state index contributed by atoms with van der Waals surface area (Å²) in [6, 6.07) is 5.59. The first kappa shape index (κ1) is 13.9. The van der Waals surface area contributed by atoms with Crippen molar-refractivity contribution in [2.45, 2.75) is 6.18 Å². The van der Waals surface area contributed by atoms with Crippen LogP contribution in [0.1, 0.15) is 15.9 Å². The molecule has 7 heteroatoms. The second kappa shape index (κ2) is 4.84. The normalized spacial score (nSPS) is 11.3. The van der Waals surface area contributed by atoms with Gasteiger partial charge in [-0.1, -0.05) is 12.1 Å². The standard InChI is InChI=1S/C13H9F3N2O2/c14-13(15,16)8-3-1-2-7(6-8)11-10(17)9(12(19)20)4-5-18-11/h1-6H,17H2,(H,19,20). The van der Waals surface area contributed by atoms with E-state index in [9.17, 15) is 18.0 Å². The van der Waals surface area contributed by atoms with Crippen molar-refractivity contribution in [3.63, 3.8) is 0 Å². The quantitative estimate of drug-likeness (QED) is 0.887. The van der Waals surface area contributed by atoms with Gasteiger partial charge in [0, 0.05) is 11.8 Å². The topological polar surface area (TPSA) is 76.2 Å². The number of aromatic carboxylic acids is 1. The molecule has 1 aromatic heterocycles. The highest BCUT2D eigenvalue weighted by atomic mass is 19.4. The smallest absolute Gasteiger partial charge is 0.416 e. The first-order valence-corrected chi connectivity index (χ1v) is 5.46. The first-order valence-electron chi connectivity index (χ1n) is 5.46. The zero-order valence-electron chi connectivity index (χ0n) is 9.98. The van der Waals surface area contributed by atoms with Gasteiger partial charge in [0.15, 0.2) is 0 Å². The van der Waals surface area contributed by atoms with Crippen LogP contribution in [-0.4, -0.2) is 16.1 Å². The summed E-state index contributed by atoms with van der Waals surface area (Å²) >= 11 is 0. The van der Waals surface area contributed by atoms with Crippen LogP contribution < -0.4 is 5.73 Å². The predicted octanol–water partition coefficient (Wildman–Crippen LogP) is 3.05. The Morgan fingerprint density at radius 2 is 1.95 bits per heavy atom. The molecule has 0 atom stereocenters. The molecule has 0 aliphatic heterocycles. The van der Waals surface area contributed by atoms with Crippen molar-refractivity contribution < 1.29 is 23.1 Å². The van der Waals surface area contributed by atoms with E-state index in [0.717, 1.165) is 12.1 Å². The number of hydrogen-bond donors (Lipinski definition) is 2. The molecule has 0 spiro atoms. The number of carbonyl (C=O) groups is 1. The van der Waals surface area contributed by atoms with Crippen molar-refractivity contribution in [1.29, 1.82) is 0 Å². The molecule has 1 heterocycles. The predicted molar refractivity (Wildman–Crippen MR) is 66.0 cm³/mol. The summed E-state index contributed by atoms with van der Waals surface area (Å²) in [6.07, 6.45) is -3.30. The Balaban J connectivity index is 2.58. The summed E-state index contributed by atoms with van der Waals surface area (Å²) in [5.41, 5.74) is 4.55. The van der Waals surface area contributed by atoms with Gasteiger partial charge in [0.25, 0.3) is 0 Å². The Hall–Kier alpha value is -2.57. The van der Waals surface area contributed by atoms with E-state index in [4.69, 9.17) is 10.8 Å². The molecular weight excluding hydrogens is 273 g/mol. The van der Waals surface area contributed by atoms with E-state index in [1.54, 1.807) is 0 Å². The van der Waals surface area contributed by atoms with Crippen molar-refractivity contribution >= 4 is 11.7 Å². The molecule has 0 amide bonds. The molecule has 0 radical (unpaired) electrons. The maximum atomic E-state index is 12.6. The maximum Gasteiger partial charge on any atom is 0.416 e. The average Bonchev–Trinajstić information content (AvgIpc) is 2.38. The minimum absolute atomic E-state index is 0.0102. The SMILES string of the molecule is Nc1c(C(=O)O)ccnc1-c1cccc(C(F)(F)F)c1. The van der Waals surface area contributed by atoms with Gasteiger partial charge in [-0.05, 0) is 18.2 Å². The Kier molecular flexibility index (Phi) is 3.35. The van der Waals surface area contributed by atoms with Gasteiger partial charge in [0.2, 0.25) is 0 Å². The molecule has 3 N–H and O–H groups in total. The van der Waals surface area contributed by atoms with E-state index in [0.29, 0.717) is 0 Å².